The number of allylic oxidation sites excluding steroid dienone is 2. The lowest BCUT2D eigenvalue weighted by atomic mass is 9.94. The lowest BCUT2D eigenvalue weighted by Crippen LogP contribution is -2.79. The first-order valence-electron chi connectivity index (χ1n) is 8.42. The molecule has 0 aromatic carbocycles. The molecule has 0 unspecified atom stereocenters. The number of alkyl halides is 6. The van der Waals surface area contributed by atoms with E-state index < -0.39 is 31.1 Å². The monoisotopic (exact) mass is 476 g/mol. The molecule has 0 amide bonds. The Bertz CT molecular complexity index is 637. The van der Waals surface area contributed by atoms with E-state index >= 15 is 0 Å². The van der Waals surface area contributed by atoms with Gasteiger partial charge in [0.25, 0.3) is 0 Å². The van der Waals surface area contributed by atoms with Gasteiger partial charge >= 0.3 is 11.0 Å². The Morgan fingerprint density at radius 1 is 0.862 bits per heavy atom. The number of unbranched alkanes of at least 4 members (excludes halogenated alkanes) is 2. The maximum Gasteiger partial charge on any atom is 0.480 e. The van der Waals surface area contributed by atoms with E-state index in [2.05, 4.69) is 25.5 Å². The molecule has 0 saturated carbocycles. The molecule has 2 N–H and O–H groups in total. The van der Waals surface area contributed by atoms with Crippen molar-refractivity contribution in [3.8, 4) is 0 Å². The van der Waals surface area contributed by atoms with Gasteiger partial charge in [0.05, 0.1) is 13.6 Å². The molecule has 0 radical (unpaired) electrons. The Hall–Kier alpha value is -1.12. The second kappa shape index (κ2) is 13.2. The third-order valence-electron chi connectivity index (χ3n) is 3.39. The van der Waals surface area contributed by atoms with Gasteiger partial charge in [-0.25, -0.2) is 16.8 Å². The van der Waals surface area contributed by atoms with Crippen molar-refractivity contribution in [3.05, 3.63) is 29.4 Å². The van der Waals surface area contributed by atoms with E-state index in [1.165, 1.54) is 32.2 Å². The van der Waals surface area contributed by atoms with Crippen LogP contribution in [0.3, 0.4) is 0 Å². The summed E-state index contributed by atoms with van der Waals surface area (Å²) >= 11 is 0. The Balaban J connectivity index is 0. The van der Waals surface area contributed by atoms with Gasteiger partial charge in [-0.2, -0.15) is 26.3 Å². The summed E-state index contributed by atoms with van der Waals surface area (Å²) in [5.41, 5.74) is -12.4. The van der Waals surface area contributed by atoms with Crippen LogP contribution in [0.15, 0.2) is 25.3 Å². The summed E-state index contributed by atoms with van der Waals surface area (Å²) in [7, 11) is -11.3. The first kappa shape index (κ1) is 30.1. The summed E-state index contributed by atoms with van der Waals surface area (Å²) in [6.07, 6.45) is 11.8. The summed E-state index contributed by atoms with van der Waals surface area (Å²) in [6, 6.07) is 0. The fourth-order valence-corrected chi connectivity index (χ4v) is 3.68. The molecule has 0 rings (SSSR count). The molecule has 0 saturated heterocycles. The topological polar surface area (TPSA) is 99.0 Å². The summed E-state index contributed by atoms with van der Waals surface area (Å²) < 4.78 is 109. The predicted molar refractivity (Wildman–Crippen MR) is 97.6 cm³/mol. The van der Waals surface area contributed by atoms with Gasteiger partial charge in [0, 0.05) is 0 Å². The number of halogens is 6. The first-order chi connectivity index (χ1) is 13.1. The molecule has 6 nitrogen and oxygen atoms in total. The molecule has 0 atom stereocenters. The van der Waals surface area contributed by atoms with Gasteiger partial charge in [0.2, 0.25) is 0 Å². The van der Waals surface area contributed by atoms with Crippen molar-refractivity contribution in [2.24, 2.45) is 5.92 Å². The predicted octanol–water partition coefficient (Wildman–Crippen LogP) is 3.57. The van der Waals surface area contributed by atoms with E-state index in [4.69, 9.17) is 0 Å². The fourth-order valence-electron chi connectivity index (χ4n) is 1.98. The van der Waals surface area contributed by atoms with E-state index in [0.29, 0.717) is 0 Å². The third kappa shape index (κ3) is 12.9. The van der Waals surface area contributed by atoms with Crippen molar-refractivity contribution < 1.29 is 48.5 Å². The van der Waals surface area contributed by atoms with Crippen molar-refractivity contribution in [1.29, 1.82) is 0 Å². The average Bonchev–Trinajstić information content (AvgIpc) is 2.52. The van der Waals surface area contributed by atoms with Crippen molar-refractivity contribution in [2.75, 3.05) is 13.6 Å². The molecule has 0 aromatic rings. The normalized spacial score (nSPS) is 13.0. The van der Waals surface area contributed by atoms with E-state index in [-0.39, 0.29) is 0 Å². The number of nitrogens with zero attached hydrogens (tertiary/aromatic N) is 1. The van der Waals surface area contributed by atoms with Gasteiger partial charge in [-0.3, -0.25) is 0 Å². The smallest absolute Gasteiger partial charge is 0.421 e. The molecule has 0 aliphatic heterocycles. The summed E-state index contributed by atoms with van der Waals surface area (Å²) in [6.45, 7) is 8.87. The quantitative estimate of drug-likeness (QED) is 0.264. The van der Waals surface area contributed by atoms with Crippen molar-refractivity contribution in [3.63, 3.8) is 0 Å². The Morgan fingerprint density at radius 2 is 1.28 bits per heavy atom. The van der Waals surface area contributed by atoms with Gasteiger partial charge in [0.15, 0.2) is 20.0 Å². The zero-order chi connectivity index (χ0) is 23.4. The summed E-state index contributed by atoms with van der Waals surface area (Å²) in [5, 5.41) is 2.25. The maximum atomic E-state index is 11.4. The number of rotatable bonds is 12. The highest BCUT2D eigenvalue weighted by atomic mass is 32.3. The number of sulfonamides is 2. The minimum Gasteiger partial charge on any atom is -0.421 e. The Labute approximate surface area is 167 Å². The third-order valence-corrected chi connectivity index (χ3v) is 6.13. The second-order valence-corrected chi connectivity index (χ2v) is 9.30. The molecule has 0 spiro atoms. The Morgan fingerprint density at radius 3 is 1.59 bits per heavy atom. The molecular formula is C15H26F6N2O4S2. The van der Waals surface area contributed by atoms with Crippen LogP contribution in [-0.2, 0) is 20.0 Å². The largest absolute Gasteiger partial charge is 0.480 e. The zero-order valence-corrected chi connectivity index (χ0v) is 17.5. The SMILES string of the molecule is C=CCC(CC=C)CCCCC[NH2+]C.O=S(=O)([N-]S(=O)(=O)C(F)(F)F)C(F)(F)F. The molecule has 0 bridgehead atoms. The van der Waals surface area contributed by atoms with Gasteiger partial charge in [-0.05, 0) is 38.0 Å². The van der Waals surface area contributed by atoms with Gasteiger partial charge in [-0.15, -0.1) is 13.2 Å². The van der Waals surface area contributed by atoms with E-state index in [1.807, 2.05) is 12.2 Å². The first-order valence-corrected chi connectivity index (χ1v) is 11.3. The standard InChI is InChI=1S/C13H25N.C2F6NO4S2/c1-4-9-13(10-5-2)11-7-6-8-12-14-3;3-1(4,5)14(10,11)9-15(12,13)2(6,7)8/h4-5,13-14H,1-2,6-12H2,3H3;/q;-1/p+1. The molecule has 0 aliphatic rings. The van der Waals surface area contributed by atoms with Crippen molar-refractivity contribution >= 4 is 20.0 Å². The zero-order valence-electron chi connectivity index (χ0n) is 15.8. The van der Waals surface area contributed by atoms with Crippen LogP contribution in [0.4, 0.5) is 26.3 Å². The fraction of sp³-hybridized carbons (Fsp3) is 0.733. The molecule has 174 valence electrons. The number of quaternary nitrogens is 1. The second-order valence-electron chi connectivity index (χ2n) is 5.88. The number of hydrogen-bond donors (Lipinski definition) is 1. The van der Waals surface area contributed by atoms with Crippen LogP contribution in [0.1, 0.15) is 38.5 Å². The highest BCUT2D eigenvalue weighted by molar-refractivity contribution is 8.13. The number of hydrogen-bond acceptors (Lipinski definition) is 4. The molecule has 0 heterocycles. The summed E-state index contributed by atoms with van der Waals surface area (Å²) in [4.78, 5) is 0. The Kier molecular flexibility index (Phi) is 13.7. The van der Waals surface area contributed by atoms with Crippen LogP contribution < -0.4 is 5.32 Å². The van der Waals surface area contributed by atoms with Crippen LogP contribution in [0, 0.1) is 5.92 Å². The maximum absolute atomic E-state index is 11.4. The van der Waals surface area contributed by atoms with Crippen LogP contribution in [0.25, 0.3) is 4.13 Å². The minimum absolute atomic E-state index is 0.778. The molecule has 29 heavy (non-hydrogen) atoms. The molecular weight excluding hydrogens is 450 g/mol. The molecule has 0 aliphatic carbocycles. The minimum atomic E-state index is -6.72. The summed E-state index contributed by atoms with van der Waals surface area (Å²) in [5.74, 6) is 0.788. The van der Waals surface area contributed by atoms with Crippen molar-refractivity contribution in [1.82, 2.24) is 0 Å². The highest BCUT2D eigenvalue weighted by Gasteiger charge is 2.46. The average molecular weight is 477 g/mol. The van der Waals surface area contributed by atoms with Crippen molar-refractivity contribution in [2.45, 2.75) is 49.5 Å². The molecule has 0 aromatic heterocycles. The van der Waals surface area contributed by atoms with E-state index in [1.54, 1.807) is 0 Å². The van der Waals surface area contributed by atoms with Crippen LogP contribution in [0.5, 0.6) is 0 Å². The van der Waals surface area contributed by atoms with Gasteiger partial charge in [-0.1, -0.05) is 18.6 Å². The number of nitrogens with two attached hydrogens (primary N) is 1. The van der Waals surface area contributed by atoms with E-state index in [9.17, 15) is 43.2 Å². The molecule has 0 fully saturated rings. The lowest BCUT2D eigenvalue weighted by molar-refractivity contribution is -0.627. The highest BCUT2D eigenvalue weighted by Crippen LogP contribution is 2.36. The molecule has 14 heteroatoms. The van der Waals surface area contributed by atoms with Crippen LogP contribution in [0.2, 0.25) is 0 Å². The van der Waals surface area contributed by atoms with Gasteiger partial charge < -0.3 is 9.44 Å². The van der Waals surface area contributed by atoms with Gasteiger partial charge in [0.1, 0.15) is 0 Å². The lowest BCUT2D eigenvalue weighted by Gasteiger charge is -2.22. The van der Waals surface area contributed by atoms with E-state index in [0.717, 1.165) is 22.9 Å². The van der Waals surface area contributed by atoms with Crippen LogP contribution in [-0.4, -0.2) is 41.4 Å². The van der Waals surface area contributed by atoms with Crippen LogP contribution >= 0.6 is 0 Å².